The van der Waals surface area contributed by atoms with Gasteiger partial charge in [0.25, 0.3) is 0 Å². The highest BCUT2D eigenvalue weighted by Gasteiger charge is 2.27. The Morgan fingerprint density at radius 2 is 0.906 bits per heavy atom. The van der Waals surface area contributed by atoms with Crippen LogP contribution in [0.1, 0.15) is 61.1 Å². The van der Waals surface area contributed by atoms with E-state index in [-0.39, 0.29) is 10.8 Å². The van der Waals surface area contributed by atoms with E-state index in [0.717, 1.165) is 22.3 Å². The number of hydrogen-bond acceptors (Lipinski definition) is 2. The van der Waals surface area contributed by atoms with E-state index < -0.39 is 0 Å². The van der Waals surface area contributed by atoms with Crippen molar-refractivity contribution in [1.82, 2.24) is 0 Å². The van der Waals surface area contributed by atoms with Crippen LogP contribution in [-0.2, 0) is 23.7 Å². The monoisotopic (exact) mass is 426 g/mol. The molecule has 3 aromatic rings. The number of phenolic OH excluding ortho intramolecular Hbond substituents is 2. The standard InChI is InChI=1S/C30H34O2/c1-7-9-21-19-25(15-17-27(21)31)29(3,4)23-11-13-24(14-12-23)30(5,6)26-16-18-28(32)22(20-26)10-8-2/h7-8,11-20,31-32H,1-2,9-10H2,3-6H3. The highest BCUT2D eigenvalue weighted by Crippen LogP contribution is 2.38. The summed E-state index contributed by atoms with van der Waals surface area (Å²) in [5, 5.41) is 20.3. The lowest BCUT2D eigenvalue weighted by atomic mass is 9.74. The maximum atomic E-state index is 10.1. The summed E-state index contributed by atoms with van der Waals surface area (Å²) in [6.45, 7) is 16.4. The summed E-state index contributed by atoms with van der Waals surface area (Å²) in [7, 11) is 0. The first kappa shape index (κ1) is 23.4. The molecule has 0 aromatic heterocycles. The maximum absolute atomic E-state index is 10.1. The molecule has 0 fully saturated rings. The lowest BCUT2D eigenvalue weighted by molar-refractivity contribution is 0.468. The van der Waals surface area contributed by atoms with Gasteiger partial charge in [-0.1, -0.05) is 88.4 Å². The smallest absolute Gasteiger partial charge is 0.119 e. The Bertz CT molecular complexity index is 1030. The van der Waals surface area contributed by atoms with Crippen LogP contribution in [0.25, 0.3) is 0 Å². The lowest BCUT2D eigenvalue weighted by Gasteiger charge is -2.30. The fraction of sp³-hybridized carbons (Fsp3) is 0.267. The van der Waals surface area contributed by atoms with E-state index in [1.165, 1.54) is 11.1 Å². The van der Waals surface area contributed by atoms with Gasteiger partial charge in [-0.25, -0.2) is 0 Å². The van der Waals surface area contributed by atoms with Gasteiger partial charge in [-0.3, -0.25) is 0 Å². The van der Waals surface area contributed by atoms with Gasteiger partial charge in [0.15, 0.2) is 0 Å². The molecule has 0 heterocycles. The number of allylic oxidation sites excluding steroid dienone is 2. The van der Waals surface area contributed by atoms with Crippen molar-refractivity contribution in [3.8, 4) is 11.5 Å². The van der Waals surface area contributed by atoms with Crippen LogP contribution in [0.2, 0.25) is 0 Å². The van der Waals surface area contributed by atoms with Crippen LogP contribution in [0.4, 0.5) is 0 Å². The van der Waals surface area contributed by atoms with Gasteiger partial charge in [-0.15, -0.1) is 13.2 Å². The predicted molar refractivity (Wildman–Crippen MR) is 135 cm³/mol. The second-order valence-electron chi connectivity index (χ2n) is 9.50. The van der Waals surface area contributed by atoms with Gasteiger partial charge < -0.3 is 10.2 Å². The van der Waals surface area contributed by atoms with E-state index in [9.17, 15) is 10.2 Å². The minimum absolute atomic E-state index is 0.206. The van der Waals surface area contributed by atoms with Crippen molar-refractivity contribution in [2.45, 2.75) is 51.4 Å². The van der Waals surface area contributed by atoms with Crippen molar-refractivity contribution in [3.05, 3.63) is 119 Å². The summed E-state index contributed by atoms with van der Waals surface area (Å²) >= 11 is 0. The Kier molecular flexibility index (Phi) is 6.64. The zero-order valence-electron chi connectivity index (χ0n) is 19.7. The Morgan fingerprint density at radius 3 is 1.22 bits per heavy atom. The van der Waals surface area contributed by atoms with Crippen LogP contribution in [0.5, 0.6) is 11.5 Å². The maximum Gasteiger partial charge on any atom is 0.119 e. The quantitative estimate of drug-likeness (QED) is 0.374. The number of aromatic hydroxyl groups is 2. The van der Waals surface area contributed by atoms with Crippen molar-refractivity contribution in [2.75, 3.05) is 0 Å². The average molecular weight is 427 g/mol. The van der Waals surface area contributed by atoms with Crippen LogP contribution in [0, 0.1) is 0 Å². The van der Waals surface area contributed by atoms with E-state index in [1.807, 2.05) is 24.3 Å². The van der Waals surface area contributed by atoms with Crippen molar-refractivity contribution in [3.63, 3.8) is 0 Å². The SMILES string of the molecule is C=CCc1cc(C(C)(C)c2ccc(C(C)(C)c3ccc(O)c(CC=C)c3)cc2)ccc1O. The molecule has 32 heavy (non-hydrogen) atoms. The molecule has 3 rings (SSSR count). The summed E-state index contributed by atoms with van der Waals surface area (Å²) in [5.41, 5.74) is 6.12. The largest absolute Gasteiger partial charge is 0.508 e. The Labute approximate surface area is 192 Å². The van der Waals surface area contributed by atoms with Crippen LogP contribution in [0.3, 0.4) is 0 Å². The summed E-state index contributed by atoms with van der Waals surface area (Å²) in [6, 6.07) is 20.5. The zero-order chi connectivity index (χ0) is 23.5. The van der Waals surface area contributed by atoms with Gasteiger partial charge in [0.05, 0.1) is 0 Å². The van der Waals surface area contributed by atoms with Gasteiger partial charge in [0.2, 0.25) is 0 Å². The first-order chi connectivity index (χ1) is 15.1. The Balaban J connectivity index is 1.94. The third-order valence-corrected chi connectivity index (χ3v) is 6.66. The third kappa shape index (κ3) is 4.50. The third-order valence-electron chi connectivity index (χ3n) is 6.66. The molecule has 0 aliphatic carbocycles. The molecule has 0 unspecified atom stereocenters. The van der Waals surface area contributed by atoms with Crippen molar-refractivity contribution in [1.29, 1.82) is 0 Å². The van der Waals surface area contributed by atoms with Crippen LogP contribution >= 0.6 is 0 Å². The van der Waals surface area contributed by atoms with Crippen molar-refractivity contribution >= 4 is 0 Å². The van der Waals surface area contributed by atoms with Gasteiger partial charge in [-0.05, 0) is 58.4 Å². The topological polar surface area (TPSA) is 40.5 Å². The van der Waals surface area contributed by atoms with Crippen LogP contribution < -0.4 is 0 Å². The molecule has 2 heteroatoms. The van der Waals surface area contributed by atoms with E-state index in [0.29, 0.717) is 24.3 Å². The van der Waals surface area contributed by atoms with E-state index in [4.69, 9.17) is 0 Å². The summed E-state index contributed by atoms with van der Waals surface area (Å²) in [6.07, 6.45) is 4.91. The molecule has 0 saturated heterocycles. The molecule has 0 spiro atoms. The molecule has 166 valence electrons. The number of benzene rings is 3. The summed E-state index contributed by atoms with van der Waals surface area (Å²) < 4.78 is 0. The van der Waals surface area contributed by atoms with E-state index >= 15 is 0 Å². The molecular weight excluding hydrogens is 392 g/mol. The van der Waals surface area contributed by atoms with Crippen LogP contribution in [-0.4, -0.2) is 10.2 Å². The molecule has 0 radical (unpaired) electrons. The fourth-order valence-electron chi connectivity index (χ4n) is 4.22. The Hall–Kier alpha value is -3.26. The number of rotatable bonds is 8. The molecule has 0 aliphatic heterocycles. The molecular formula is C30H34O2. The van der Waals surface area contributed by atoms with Crippen molar-refractivity contribution < 1.29 is 10.2 Å². The van der Waals surface area contributed by atoms with Gasteiger partial charge in [0.1, 0.15) is 11.5 Å². The van der Waals surface area contributed by atoms with E-state index in [1.54, 1.807) is 12.1 Å². The van der Waals surface area contributed by atoms with Crippen molar-refractivity contribution in [2.24, 2.45) is 0 Å². The average Bonchev–Trinajstić information content (AvgIpc) is 2.77. The molecule has 0 aliphatic rings. The summed E-state index contributed by atoms with van der Waals surface area (Å²) in [5.74, 6) is 0.623. The summed E-state index contributed by atoms with van der Waals surface area (Å²) in [4.78, 5) is 0. The Morgan fingerprint density at radius 1 is 0.594 bits per heavy atom. The molecule has 0 amide bonds. The molecule has 3 aromatic carbocycles. The minimum Gasteiger partial charge on any atom is -0.508 e. The van der Waals surface area contributed by atoms with Gasteiger partial charge in [0, 0.05) is 10.8 Å². The lowest BCUT2D eigenvalue weighted by Crippen LogP contribution is -2.22. The van der Waals surface area contributed by atoms with Gasteiger partial charge in [-0.2, -0.15) is 0 Å². The fourth-order valence-corrected chi connectivity index (χ4v) is 4.22. The van der Waals surface area contributed by atoms with E-state index in [2.05, 4.69) is 77.3 Å². The molecule has 2 nitrogen and oxygen atoms in total. The van der Waals surface area contributed by atoms with Gasteiger partial charge >= 0.3 is 0 Å². The normalized spacial score (nSPS) is 11.9. The minimum atomic E-state index is -0.206. The number of hydrogen-bond donors (Lipinski definition) is 2. The van der Waals surface area contributed by atoms with Crippen LogP contribution in [0.15, 0.2) is 86.0 Å². The first-order valence-corrected chi connectivity index (χ1v) is 11.1. The molecule has 0 bridgehead atoms. The second kappa shape index (κ2) is 9.08. The first-order valence-electron chi connectivity index (χ1n) is 11.1. The molecule has 2 N–H and O–H groups in total. The zero-order valence-corrected chi connectivity index (χ0v) is 19.7. The number of phenols is 2. The molecule has 0 atom stereocenters. The molecule has 0 saturated carbocycles. The highest BCUT2D eigenvalue weighted by atomic mass is 16.3. The predicted octanol–water partition coefficient (Wildman–Crippen LogP) is 7.21. The highest BCUT2D eigenvalue weighted by molar-refractivity contribution is 5.48. The second-order valence-corrected chi connectivity index (χ2v) is 9.50.